The molecule has 4 rings (SSSR count). The number of allylic oxidation sites excluding steroid dienone is 5. The minimum Gasteiger partial charge on any atom is -0.460 e. The largest absolute Gasteiger partial charge is 0.460 e. The minimum absolute atomic E-state index is 0.167. The zero-order chi connectivity index (χ0) is 30.7. The first-order valence-corrected chi connectivity index (χ1v) is 14.3. The van der Waals surface area contributed by atoms with Crippen LogP contribution in [0.4, 0.5) is 0 Å². The summed E-state index contributed by atoms with van der Waals surface area (Å²) in [5, 5.41) is 71.2. The van der Waals surface area contributed by atoms with Gasteiger partial charge in [-0.25, -0.2) is 4.79 Å². The summed E-state index contributed by atoms with van der Waals surface area (Å²) in [4.78, 5) is 12.1. The number of carbonyl (C=O) groups is 1. The summed E-state index contributed by atoms with van der Waals surface area (Å²) in [6.45, 7) is 1.20. The van der Waals surface area contributed by atoms with Gasteiger partial charge in [-0.3, -0.25) is 0 Å². The summed E-state index contributed by atoms with van der Waals surface area (Å²) in [5.41, 5.74) is 0. The van der Waals surface area contributed by atoms with Crippen LogP contribution in [0.1, 0.15) is 45.4 Å². The van der Waals surface area contributed by atoms with Crippen molar-refractivity contribution in [1.82, 2.24) is 0 Å². The van der Waals surface area contributed by atoms with Crippen molar-refractivity contribution >= 4 is 5.97 Å². The van der Waals surface area contributed by atoms with Gasteiger partial charge in [0, 0.05) is 12.5 Å². The number of fused-ring (bicyclic) bond motifs is 15. The van der Waals surface area contributed by atoms with E-state index in [0.717, 1.165) is 6.42 Å². The summed E-state index contributed by atoms with van der Waals surface area (Å²) in [6.07, 6.45) is 7.48. The Morgan fingerprint density at radius 1 is 0.952 bits per heavy atom. The highest BCUT2D eigenvalue weighted by Gasteiger charge is 2.53. The lowest BCUT2D eigenvalue weighted by atomic mass is 9.90. The topological polar surface area (TPSA) is 196 Å². The lowest BCUT2D eigenvalue weighted by Gasteiger charge is -2.48. The molecule has 12 heteroatoms. The van der Waals surface area contributed by atoms with Crippen molar-refractivity contribution in [2.24, 2.45) is 0 Å². The van der Waals surface area contributed by atoms with E-state index >= 15 is 0 Å². The van der Waals surface area contributed by atoms with Gasteiger partial charge in [-0.15, -0.1) is 0 Å². The monoisotopic (exact) mass is 596 g/mol. The van der Waals surface area contributed by atoms with Gasteiger partial charge in [0.05, 0.1) is 24.9 Å². The molecule has 4 aliphatic heterocycles. The van der Waals surface area contributed by atoms with Gasteiger partial charge >= 0.3 is 5.97 Å². The molecule has 4 heterocycles. The Morgan fingerprint density at radius 2 is 1.69 bits per heavy atom. The number of hydrogen-bond donors (Lipinski definition) is 7. The second kappa shape index (κ2) is 16.6. The maximum Gasteiger partial charge on any atom is 0.331 e. The average molecular weight is 597 g/mol. The van der Waals surface area contributed by atoms with Crippen molar-refractivity contribution in [2.75, 3.05) is 6.61 Å². The summed E-state index contributed by atoms with van der Waals surface area (Å²) in [5.74, 6) is -2.34. The molecule has 0 aromatic carbocycles. The Morgan fingerprint density at radius 3 is 2.43 bits per heavy atom. The molecule has 12 nitrogen and oxygen atoms in total. The van der Waals surface area contributed by atoms with E-state index in [-0.39, 0.29) is 25.4 Å². The van der Waals surface area contributed by atoms with Crippen molar-refractivity contribution in [3.63, 3.8) is 0 Å². The number of aliphatic hydroxyl groups excluding tert-OH is 6. The standard InChI is InChI=1S/C30H44O12/c1-19-11-5-2-9-15-22-28(37)30(38,42-22)17-20(32)12-6-3-7-13-21(14-8-4-10-16-24(33)39-19)40-29-27(36)26(35)25(34)23(18-31)41-29/h3-4,6-10,13,15-16,19-23,25-29,31-32,34-38H,2,5,11-12,14,17-18H2,1H3/b6-3-,8-4+,13-7+,15-9+,16-10-/t19-,20+,21?,22+,23-,25-,26+,27-,28+,29-,30-/m1/s1. The SMILES string of the molecule is C[C@@H]1CCC/C=C/[C@@H]2O[C@](O)(C[C@@H](O)C/C=C\C=C\C(O[C@@H]3O[C@H](CO)[C@@H](O)[C@H](O)[C@H]3O)C/C=C/C=C\C(=O)O1)[C@H]2O. The van der Waals surface area contributed by atoms with E-state index in [0.29, 0.717) is 12.8 Å². The van der Waals surface area contributed by atoms with Gasteiger partial charge in [0.1, 0.15) is 36.6 Å². The molecular weight excluding hydrogens is 552 g/mol. The van der Waals surface area contributed by atoms with Gasteiger partial charge < -0.3 is 54.7 Å². The van der Waals surface area contributed by atoms with E-state index in [1.165, 1.54) is 12.2 Å². The van der Waals surface area contributed by atoms with E-state index < -0.39 is 73.5 Å². The van der Waals surface area contributed by atoms with Crippen LogP contribution in [-0.2, 0) is 23.7 Å². The van der Waals surface area contributed by atoms with E-state index in [1.54, 1.807) is 49.5 Å². The molecule has 0 aromatic heterocycles. The molecule has 0 amide bonds. The number of carbonyl (C=O) groups excluding carboxylic acids is 1. The Balaban J connectivity index is 1.70. The first-order chi connectivity index (χ1) is 20.0. The van der Waals surface area contributed by atoms with Gasteiger partial charge in [-0.05, 0) is 39.0 Å². The van der Waals surface area contributed by atoms with Crippen LogP contribution in [0, 0.1) is 0 Å². The predicted molar refractivity (Wildman–Crippen MR) is 149 cm³/mol. The number of hydrogen-bond acceptors (Lipinski definition) is 12. The zero-order valence-corrected chi connectivity index (χ0v) is 23.7. The fourth-order valence-corrected chi connectivity index (χ4v) is 4.80. The molecule has 1 unspecified atom stereocenters. The van der Waals surface area contributed by atoms with Crippen molar-refractivity contribution in [3.8, 4) is 0 Å². The lowest BCUT2D eigenvalue weighted by Crippen LogP contribution is -2.64. The van der Waals surface area contributed by atoms with Crippen molar-refractivity contribution in [1.29, 1.82) is 0 Å². The van der Waals surface area contributed by atoms with E-state index in [9.17, 15) is 40.5 Å². The molecule has 0 spiro atoms. The van der Waals surface area contributed by atoms with Gasteiger partial charge in [0.15, 0.2) is 12.1 Å². The fourth-order valence-electron chi connectivity index (χ4n) is 4.80. The van der Waals surface area contributed by atoms with Crippen molar-refractivity contribution < 1.29 is 59.5 Å². The fraction of sp³-hybridized carbons (Fsp3) is 0.633. The van der Waals surface area contributed by atoms with Crippen LogP contribution in [0.15, 0.2) is 60.8 Å². The second-order valence-corrected chi connectivity index (χ2v) is 10.8. The predicted octanol–water partition coefficient (Wildman–Crippen LogP) is 0.0476. The minimum atomic E-state index is -1.85. The molecule has 2 fully saturated rings. The van der Waals surface area contributed by atoms with E-state index in [1.807, 2.05) is 6.08 Å². The molecule has 0 saturated carbocycles. The highest BCUT2D eigenvalue weighted by atomic mass is 16.7. The maximum atomic E-state index is 12.1. The zero-order valence-electron chi connectivity index (χ0n) is 23.7. The molecule has 42 heavy (non-hydrogen) atoms. The Bertz CT molecular complexity index is 991. The van der Waals surface area contributed by atoms with Crippen LogP contribution in [0.25, 0.3) is 0 Å². The van der Waals surface area contributed by atoms with Crippen LogP contribution < -0.4 is 0 Å². The second-order valence-electron chi connectivity index (χ2n) is 10.8. The van der Waals surface area contributed by atoms with E-state index in [2.05, 4.69) is 0 Å². The highest BCUT2D eigenvalue weighted by molar-refractivity contribution is 5.82. The summed E-state index contributed by atoms with van der Waals surface area (Å²) in [7, 11) is 0. The maximum absolute atomic E-state index is 12.1. The third-order valence-electron chi connectivity index (χ3n) is 7.25. The summed E-state index contributed by atoms with van der Waals surface area (Å²) < 4.78 is 22.1. The molecule has 236 valence electrons. The number of aliphatic hydroxyl groups is 7. The molecule has 2 bridgehead atoms. The molecular formula is C30H44O12. The molecule has 0 aliphatic carbocycles. The Labute approximate surface area is 245 Å². The molecule has 2 saturated heterocycles. The van der Waals surface area contributed by atoms with Crippen LogP contribution in [0.5, 0.6) is 0 Å². The van der Waals surface area contributed by atoms with E-state index in [4.69, 9.17) is 18.9 Å². The lowest BCUT2D eigenvalue weighted by molar-refractivity contribution is -0.377. The number of ether oxygens (including phenoxy) is 4. The third kappa shape index (κ3) is 9.91. The summed E-state index contributed by atoms with van der Waals surface area (Å²) in [6, 6.07) is 0. The highest BCUT2D eigenvalue weighted by Crippen LogP contribution is 2.36. The van der Waals surface area contributed by atoms with Gasteiger partial charge in [0.2, 0.25) is 0 Å². The Kier molecular flexibility index (Phi) is 13.5. The van der Waals surface area contributed by atoms with Gasteiger partial charge in [0.25, 0.3) is 0 Å². The molecule has 0 aromatic rings. The molecule has 11 atom stereocenters. The van der Waals surface area contributed by atoms with Crippen molar-refractivity contribution in [2.45, 2.75) is 112 Å². The first kappa shape index (κ1) is 34.3. The normalized spacial score (nSPS) is 44.9. The molecule has 4 aliphatic rings. The first-order valence-electron chi connectivity index (χ1n) is 14.3. The van der Waals surface area contributed by atoms with Gasteiger partial charge in [-0.1, -0.05) is 54.7 Å². The van der Waals surface area contributed by atoms with Crippen LogP contribution in [-0.4, -0.2) is 115 Å². The van der Waals surface area contributed by atoms with Crippen LogP contribution >= 0.6 is 0 Å². The van der Waals surface area contributed by atoms with Crippen molar-refractivity contribution in [3.05, 3.63) is 60.8 Å². The number of rotatable bonds is 3. The molecule has 7 N–H and O–H groups in total. The van der Waals surface area contributed by atoms with Crippen LogP contribution in [0.3, 0.4) is 0 Å². The quantitative estimate of drug-likeness (QED) is 0.171. The summed E-state index contributed by atoms with van der Waals surface area (Å²) >= 11 is 0. The number of esters is 1. The molecule has 0 radical (unpaired) electrons. The third-order valence-corrected chi connectivity index (χ3v) is 7.25. The average Bonchev–Trinajstić information content (AvgIpc) is 2.95. The smallest absolute Gasteiger partial charge is 0.331 e. The Hall–Kier alpha value is -2.23. The van der Waals surface area contributed by atoms with Gasteiger partial charge in [-0.2, -0.15) is 0 Å². The van der Waals surface area contributed by atoms with Crippen LogP contribution in [0.2, 0.25) is 0 Å².